The Morgan fingerprint density at radius 3 is 2.33 bits per heavy atom. The van der Waals surface area contributed by atoms with Crippen molar-refractivity contribution in [1.29, 1.82) is 0 Å². The first kappa shape index (κ1) is 22.3. The van der Waals surface area contributed by atoms with Gasteiger partial charge in [-0.2, -0.15) is 0 Å². The fourth-order valence-electron chi connectivity index (χ4n) is 4.70. The molecule has 0 aromatic heterocycles. The van der Waals surface area contributed by atoms with E-state index in [4.69, 9.17) is 0 Å². The van der Waals surface area contributed by atoms with Crippen LogP contribution in [0.2, 0.25) is 0 Å². The molecule has 0 spiro atoms. The topological polar surface area (TPSA) is 37.3 Å². The summed E-state index contributed by atoms with van der Waals surface area (Å²) < 4.78 is 14.0. The molecule has 1 aliphatic rings. The van der Waals surface area contributed by atoms with Crippen molar-refractivity contribution in [1.82, 2.24) is 0 Å². The second-order valence-corrected chi connectivity index (χ2v) is 8.58. The van der Waals surface area contributed by atoms with Crippen molar-refractivity contribution in [2.45, 2.75) is 71.1 Å². The standard InChI is InChI=1S/C27H33FO2/c1-3-5-19-7-10-21(11-8-19)22-12-14-23(15-13-22)26-18-20(17-24(28)6-4-2)9-16-25(26)27(29)30/h9,12-19,21H,3-8,10-11H2,1-2H3,(H,29,30)/b24-17+. The molecule has 1 saturated carbocycles. The van der Waals surface area contributed by atoms with Gasteiger partial charge in [-0.25, -0.2) is 9.18 Å². The lowest BCUT2D eigenvalue weighted by atomic mass is 9.77. The van der Waals surface area contributed by atoms with Gasteiger partial charge in [0.05, 0.1) is 5.56 Å². The lowest BCUT2D eigenvalue weighted by Gasteiger charge is -2.28. The van der Waals surface area contributed by atoms with Crippen LogP contribution >= 0.6 is 0 Å². The zero-order valence-corrected chi connectivity index (χ0v) is 18.2. The number of hydrogen-bond acceptors (Lipinski definition) is 1. The second kappa shape index (κ2) is 10.6. The third-order valence-electron chi connectivity index (χ3n) is 6.32. The summed E-state index contributed by atoms with van der Waals surface area (Å²) in [5, 5.41) is 9.62. The Bertz CT molecular complexity index is 874. The van der Waals surface area contributed by atoms with Gasteiger partial charge in [0.25, 0.3) is 0 Å². The molecule has 0 atom stereocenters. The largest absolute Gasteiger partial charge is 0.478 e. The minimum absolute atomic E-state index is 0.180. The average Bonchev–Trinajstić information content (AvgIpc) is 2.74. The minimum Gasteiger partial charge on any atom is -0.478 e. The van der Waals surface area contributed by atoms with E-state index in [9.17, 15) is 14.3 Å². The average molecular weight is 409 g/mol. The molecule has 0 heterocycles. The van der Waals surface area contributed by atoms with Crippen LogP contribution < -0.4 is 0 Å². The molecule has 0 bridgehead atoms. The highest BCUT2D eigenvalue weighted by molar-refractivity contribution is 5.96. The molecule has 0 saturated heterocycles. The van der Waals surface area contributed by atoms with Crippen molar-refractivity contribution in [2.75, 3.05) is 0 Å². The Morgan fingerprint density at radius 1 is 1.03 bits per heavy atom. The third kappa shape index (κ3) is 5.59. The van der Waals surface area contributed by atoms with Crippen LogP contribution in [0.3, 0.4) is 0 Å². The quantitative estimate of drug-likeness (QED) is 0.477. The van der Waals surface area contributed by atoms with Gasteiger partial charge in [0.15, 0.2) is 0 Å². The van der Waals surface area contributed by atoms with E-state index in [1.165, 1.54) is 50.2 Å². The number of aromatic carboxylic acids is 1. The smallest absolute Gasteiger partial charge is 0.336 e. The molecule has 30 heavy (non-hydrogen) atoms. The lowest BCUT2D eigenvalue weighted by Crippen LogP contribution is -2.13. The van der Waals surface area contributed by atoms with Crippen molar-refractivity contribution >= 4 is 12.0 Å². The first-order chi connectivity index (χ1) is 14.5. The highest BCUT2D eigenvalue weighted by atomic mass is 19.1. The van der Waals surface area contributed by atoms with Crippen molar-refractivity contribution in [2.24, 2.45) is 5.92 Å². The Kier molecular flexibility index (Phi) is 7.84. The number of carboxylic acid groups (broad SMARTS) is 1. The number of allylic oxidation sites excluding steroid dienone is 1. The Balaban J connectivity index is 1.82. The maximum atomic E-state index is 14.0. The van der Waals surface area contributed by atoms with Crippen molar-refractivity contribution in [3.05, 3.63) is 65.0 Å². The van der Waals surface area contributed by atoms with Crippen LogP contribution in [0.15, 0.2) is 48.3 Å². The molecule has 0 aliphatic heterocycles. The fourth-order valence-corrected chi connectivity index (χ4v) is 4.70. The molecule has 0 unspecified atom stereocenters. The number of carbonyl (C=O) groups is 1. The van der Waals surface area contributed by atoms with E-state index in [1.54, 1.807) is 18.2 Å². The second-order valence-electron chi connectivity index (χ2n) is 8.58. The van der Waals surface area contributed by atoms with Gasteiger partial charge in [-0.1, -0.05) is 57.0 Å². The van der Waals surface area contributed by atoms with Gasteiger partial charge < -0.3 is 5.11 Å². The summed E-state index contributed by atoms with van der Waals surface area (Å²) in [5.74, 6) is 0.337. The first-order valence-corrected chi connectivity index (χ1v) is 11.4. The van der Waals surface area contributed by atoms with Gasteiger partial charge in [-0.3, -0.25) is 0 Å². The van der Waals surface area contributed by atoms with Gasteiger partial charge in [0.1, 0.15) is 5.83 Å². The zero-order chi connectivity index (χ0) is 21.5. The predicted octanol–water partition coefficient (Wildman–Crippen LogP) is 8.24. The molecule has 0 amide bonds. The molecule has 3 rings (SSSR count). The molecule has 1 aliphatic carbocycles. The number of rotatable bonds is 8. The molecule has 2 aromatic carbocycles. The van der Waals surface area contributed by atoms with Gasteiger partial charge in [0.2, 0.25) is 0 Å². The summed E-state index contributed by atoms with van der Waals surface area (Å²) in [6.45, 7) is 4.20. The van der Waals surface area contributed by atoms with Gasteiger partial charge in [-0.15, -0.1) is 0 Å². The van der Waals surface area contributed by atoms with Crippen molar-refractivity contribution in [3.63, 3.8) is 0 Å². The van der Waals surface area contributed by atoms with Crippen molar-refractivity contribution in [3.8, 4) is 11.1 Å². The van der Waals surface area contributed by atoms with E-state index in [2.05, 4.69) is 19.1 Å². The Labute approximate surface area is 179 Å². The normalized spacial score (nSPS) is 19.6. The molecular formula is C27H33FO2. The van der Waals surface area contributed by atoms with Crippen LogP contribution in [0.1, 0.15) is 92.6 Å². The number of benzene rings is 2. The summed E-state index contributed by atoms with van der Waals surface area (Å²) in [5.41, 5.74) is 3.78. The van der Waals surface area contributed by atoms with Crippen LogP contribution in [-0.4, -0.2) is 11.1 Å². The van der Waals surface area contributed by atoms with Gasteiger partial charge in [0, 0.05) is 0 Å². The molecule has 1 fully saturated rings. The maximum absolute atomic E-state index is 14.0. The summed E-state index contributed by atoms with van der Waals surface area (Å²) in [6, 6.07) is 13.4. The van der Waals surface area contributed by atoms with Crippen LogP contribution in [0.25, 0.3) is 17.2 Å². The SMILES string of the molecule is CCC/C(F)=C\c1ccc(C(=O)O)c(-c2ccc(C3CCC(CCC)CC3)cc2)c1. The summed E-state index contributed by atoms with van der Waals surface area (Å²) in [6.07, 6.45) is 10.3. The number of halogens is 1. The first-order valence-electron chi connectivity index (χ1n) is 11.4. The van der Waals surface area contributed by atoms with E-state index < -0.39 is 5.97 Å². The molecule has 2 nitrogen and oxygen atoms in total. The number of carboxylic acids is 1. The van der Waals surface area contributed by atoms with Crippen molar-refractivity contribution < 1.29 is 14.3 Å². The van der Waals surface area contributed by atoms with E-state index in [0.29, 0.717) is 23.5 Å². The monoisotopic (exact) mass is 408 g/mol. The maximum Gasteiger partial charge on any atom is 0.336 e. The third-order valence-corrected chi connectivity index (χ3v) is 6.32. The van der Waals surface area contributed by atoms with Crippen LogP contribution in [0.5, 0.6) is 0 Å². The van der Waals surface area contributed by atoms with Crippen LogP contribution in [0.4, 0.5) is 4.39 Å². The molecule has 3 heteroatoms. The predicted molar refractivity (Wildman–Crippen MR) is 122 cm³/mol. The summed E-state index contributed by atoms with van der Waals surface area (Å²) >= 11 is 0. The molecular weight excluding hydrogens is 375 g/mol. The Hall–Kier alpha value is -2.42. The molecule has 0 radical (unpaired) electrons. The molecule has 160 valence electrons. The van der Waals surface area contributed by atoms with Gasteiger partial charge >= 0.3 is 5.97 Å². The Morgan fingerprint density at radius 2 is 1.73 bits per heavy atom. The fraction of sp³-hybridized carbons (Fsp3) is 0.444. The van der Waals surface area contributed by atoms with Gasteiger partial charge in [-0.05, 0) is 90.8 Å². The zero-order valence-electron chi connectivity index (χ0n) is 18.2. The highest BCUT2D eigenvalue weighted by Gasteiger charge is 2.22. The summed E-state index contributed by atoms with van der Waals surface area (Å²) in [4.78, 5) is 11.7. The minimum atomic E-state index is -0.965. The summed E-state index contributed by atoms with van der Waals surface area (Å²) in [7, 11) is 0. The number of hydrogen-bond donors (Lipinski definition) is 1. The molecule has 2 aromatic rings. The van der Waals surface area contributed by atoms with E-state index in [0.717, 1.165) is 17.9 Å². The lowest BCUT2D eigenvalue weighted by molar-refractivity contribution is 0.0697. The molecule has 1 N–H and O–H groups in total. The van der Waals surface area contributed by atoms with E-state index >= 15 is 0 Å². The van der Waals surface area contributed by atoms with E-state index in [1.807, 2.05) is 19.1 Å². The highest BCUT2D eigenvalue weighted by Crippen LogP contribution is 2.38. The van der Waals surface area contributed by atoms with Crippen LogP contribution in [-0.2, 0) is 0 Å². The van der Waals surface area contributed by atoms with Crippen LogP contribution in [0, 0.1) is 5.92 Å². The van der Waals surface area contributed by atoms with E-state index in [-0.39, 0.29) is 11.4 Å².